The van der Waals surface area contributed by atoms with Gasteiger partial charge in [-0.3, -0.25) is 0 Å². The lowest BCUT2D eigenvalue weighted by Gasteiger charge is -2.38. The smallest absolute Gasteiger partial charge is 0.200 e. The average Bonchev–Trinajstić information content (AvgIpc) is 3.27. The fraction of sp³-hybridized carbons (Fsp3) is 0.310. The largest absolute Gasteiger partial charge is 0.341 e. The van der Waals surface area contributed by atoms with Crippen LogP contribution in [0.2, 0.25) is 5.02 Å². The van der Waals surface area contributed by atoms with Crippen molar-refractivity contribution < 1.29 is 0 Å². The third-order valence-electron chi connectivity index (χ3n) is 13.3. The zero-order chi connectivity index (χ0) is 46.0. The summed E-state index contributed by atoms with van der Waals surface area (Å²) >= 11 is 12.5. The number of allylic oxidation sites excluding steroid dienone is 2. The van der Waals surface area contributed by atoms with E-state index in [4.69, 9.17) is 24.2 Å². The van der Waals surface area contributed by atoms with E-state index in [9.17, 15) is 0 Å². The van der Waals surface area contributed by atoms with Crippen molar-refractivity contribution in [1.29, 1.82) is 0 Å². The van der Waals surface area contributed by atoms with Gasteiger partial charge in [0.15, 0.2) is 0 Å². The Kier molecular flexibility index (Phi) is 14.0. The number of hydrogen-bond acceptors (Lipinski definition) is 4. The Labute approximate surface area is 396 Å². The Hall–Kier alpha value is -5.10. The van der Waals surface area contributed by atoms with Gasteiger partial charge in [-0.05, 0) is 138 Å². The van der Waals surface area contributed by atoms with Crippen LogP contribution in [-0.2, 0) is 10.8 Å². The summed E-state index contributed by atoms with van der Waals surface area (Å²) in [5, 5.41) is 0.704. The quantitative estimate of drug-likeness (QED) is 0.0703. The second-order valence-corrected chi connectivity index (χ2v) is 21.1. The summed E-state index contributed by atoms with van der Waals surface area (Å²) in [7, 11) is 0.753. The van der Waals surface area contributed by atoms with Gasteiger partial charge in [-0.25, -0.2) is 0 Å². The maximum absolute atomic E-state index is 7.36. The molecule has 6 aromatic carbocycles. The summed E-state index contributed by atoms with van der Waals surface area (Å²) in [6.07, 6.45) is 5.27. The first kappa shape index (κ1) is 46.9. The van der Waals surface area contributed by atoms with Crippen LogP contribution in [0.15, 0.2) is 162 Å². The number of fused-ring (bicyclic) bond motifs is 2. The molecule has 0 unspecified atom stereocenters. The summed E-state index contributed by atoms with van der Waals surface area (Å²) < 4.78 is 0. The first-order valence-electron chi connectivity index (χ1n) is 23.1. The highest BCUT2D eigenvalue weighted by Crippen LogP contribution is 2.44. The van der Waals surface area contributed by atoms with Gasteiger partial charge in [-0.15, -0.1) is 12.6 Å². The van der Waals surface area contributed by atoms with Crippen LogP contribution >= 0.6 is 24.2 Å². The minimum Gasteiger partial charge on any atom is -0.341 e. The molecule has 1 aliphatic heterocycles. The van der Waals surface area contributed by atoms with Crippen molar-refractivity contribution in [2.75, 3.05) is 21.2 Å². The van der Waals surface area contributed by atoms with Crippen molar-refractivity contribution >= 4 is 87.9 Å². The van der Waals surface area contributed by atoms with Crippen LogP contribution in [0.1, 0.15) is 107 Å². The van der Waals surface area contributed by atoms with Crippen LogP contribution in [0.3, 0.4) is 0 Å². The first-order chi connectivity index (χ1) is 30.4. The highest BCUT2D eigenvalue weighted by molar-refractivity contribution is 7.84. The van der Waals surface area contributed by atoms with E-state index in [2.05, 4.69) is 236 Å². The molecule has 6 aromatic rings. The lowest BCUT2D eigenvalue weighted by molar-refractivity contribution is 0.417. The van der Waals surface area contributed by atoms with Crippen LogP contribution in [0.5, 0.6) is 0 Å². The molecule has 0 spiro atoms. The molecular formula is C58H67BClN3S. The van der Waals surface area contributed by atoms with Gasteiger partial charge in [0, 0.05) is 62.0 Å². The highest BCUT2D eigenvalue weighted by atomic mass is 35.5. The van der Waals surface area contributed by atoms with Crippen LogP contribution < -0.4 is 25.6 Å². The van der Waals surface area contributed by atoms with E-state index in [1.165, 1.54) is 33.2 Å². The van der Waals surface area contributed by atoms with Crippen molar-refractivity contribution in [1.82, 2.24) is 0 Å². The third-order valence-corrected chi connectivity index (χ3v) is 14.0. The summed E-state index contributed by atoms with van der Waals surface area (Å²) in [6.45, 7) is 25.9. The zero-order valence-corrected chi connectivity index (χ0v) is 41.7. The molecule has 0 N–H and O–H groups in total. The van der Waals surface area contributed by atoms with Crippen molar-refractivity contribution in [2.24, 2.45) is 5.41 Å². The Morgan fingerprint density at radius 2 is 1.20 bits per heavy atom. The van der Waals surface area contributed by atoms with Crippen molar-refractivity contribution in [3.63, 3.8) is 0 Å². The number of thiol groups is 1. The summed E-state index contributed by atoms with van der Waals surface area (Å²) in [6, 6.07) is 50.9. The molecule has 64 heavy (non-hydrogen) atoms. The maximum atomic E-state index is 7.36. The van der Waals surface area contributed by atoms with Crippen molar-refractivity contribution in [2.45, 2.75) is 106 Å². The minimum atomic E-state index is 0.0222. The SMILES string of the molecule is CC/C(=C\C(S)=C(/C)CCN(c1ccc(C(C)(C)C)cc1)c1cc(Cl)cc2c1Bc1ccc(N(c3ccccc3)c3ccccc3)cc1N2c1ccc(C(C)(C)C)cc1)C(C)(C)CC. The fourth-order valence-electron chi connectivity index (χ4n) is 8.82. The van der Waals surface area contributed by atoms with Crippen LogP contribution in [0, 0.1) is 5.41 Å². The minimum absolute atomic E-state index is 0.0222. The van der Waals surface area contributed by atoms with E-state index in [1.807, 2.05) is 0 Å². The molecule has 330 valence electrons. The number of nitrogens with zero attached hydrogens (tertiary/aromatic N) is 3. The standard InChI is InChI=1S/C58H67BClN3S/c1-12-41(58(10,11)13-2)36-54(64)40(3)34-35-61(45-28-24-42(25-29-45)56(4,5)6)52-37-44(60)38-53-55(52)59-50-33-32-49(62(46-20-16-14-17-21-46)47-22-18-15-19-23-47)39-51(50)63(53)48-30-26-43(27-31-48)57(7,8)9/h14-33,36-39,59,64H,12-13,34-35H2,1-11H3/b41-36+,54-40-. The van der Waals surface area contributed by atoms with Crippen molar-refractivity contribution in [3.8, 4) is 0 Å². The molecule has 1 heterocycles. The molecular weight excluding hydrogens is 817 g/mol. The van der Waals surface area contributed by atoms with Gasteiger partial charge in [0.1, 0.15) is 0 Å². The maximum Gasteiger partial charge on any atom is 0.200 e. The molecule has 0 saturated heterocycles. The lowest BCUT2D eigenvalue weighted by Crippen LogP contribution is -2.42. The second-order valence-electron chi connectivity index (χ2n) is 20.2. The molecule has 0 aliphatic carbocycles. The number of anilines is 8. The second kappa shape index (κ2) is 19.2. The first-order valence-corrected chi connectivity index (χ1v) is 24.0. The van der Waals surface area contributed by atoms with Crippen molar-refractivity contribution in [3.05, 3.63) is 178 Å². The van der Waals surface area contributed by atoms with Gasteiger partial charge >= 0.3 is 0 Å². The highest BCUT2D eigenvalue weighted by Gasteiger charge is 2.31. The third kappa shape index (κ3) is 10.2. The summed E-state index contributed by atoms with van der Waals surface area (Å²) in [5.41, 5.74) is 16.9. The predicted molar refractivity (Wildman–Crippen MR) is 287 cm³/mol. The summed E-state index contributed by atoms with van der Waals surface area (Å²) in [4.78, 5) is 8.34. The average molecular weight is 885 g/mol. The van der Waals surface area contributed by atoms with Crippen LogP contribution in [0.25, 0.3) is 0 Å². The van der Waals surface area contributed by atoms with Gasteiger partial charge in [0.25, 0.3) is 0 Å². The molecule has 3 nitrogen and oxygen atoms in total. The molecule has 0 aromatic heterocycles. The number of halogens is 1. The number of rotatable bonds is 13. The number of para-hydroxylation sites is 2. The normalized spacial score (nSPS) is 13.5. The van der Waals surface area contributed by atoms with E-state index in [1.54, 1.807) is 0 Å². The van der Waals surface area contributed by atoms with Crippen LogP contribution in [0.4, 0.5) is 45.5 Å². The van der Waals surface area contributed by atoms with Gasteiger partial charge in [-0.2, -0.15) is 0 Å². The number of hydrogen-bond donors (Lipinski definition) is 1. The Balaban J connectivity index is 1.40. The topological polar surface area (TPSA) is 9.72 Å². The molecule has 7 rings (SSSR count). The molecule has 1 aliphatic rings. The van der Waals surface area contributed by atoms with E-state index in [0.717, 1.165) is 83.5 Å². The Morgan fingerprint density at radius 1 is 0.656 bits per heavy atom. The van der Waals surface area contributed by atoms with E-state index in [0.29, 0.717) is 5.02 Å². The predicted octanol–water partition coefficient (Wildman–Crippen LogP) is 16.1. The van der Waals surface area contributed by atoms with E-state index in [-0.39, 0.29) is 16.2 Å². The van der Waals surface area contributed by atoms with E-state index >= 15 is 0 Å². The molecule has 0 atom stereocenters. The fourth-order valence-corrected chi connectivity index (χ4v) is 9.29. The number of benzene rings is 6. The molecule has 6 heteroatoms. The molecule has 0 saturated carbocycles. The molecule has 0 fully saturated rings. The Morgan fingerprint density at radius 3 is 1.73 bits per heavy atom. The molecule has 0 bridgehead atoms. The van der Waals surface area contributed by atoms with Gasteiger partial charge in [0.2, 0.25) is 7.28 Å². The molecule has 0 radical (unpaired) electrons. The van der Waals surface area contributed by atoms with Gasteiger partial charge in [0.05, 0.1) is 0 Å². The van der Waals surface area contributed by atoms with Gasteiger partial charge in [-0.1, -0.05) is 164 Å². The van der Waals surface area contributed by atoms with Crippen LogP contribution in [-0.4, -0.2) is 13.8 Å². The van der Waals surface area contributed by atoms with Gasteiger partial charge < -0.3 is 14.7 Å². The van der Waals surface area contributed by atoms with E-state index < -0.39 is 0 Å². The molecule has 0 amide bonds. The Bertz CT molecular complexity index is 2580. The monoisotopic (exact) mass is 883 g/mol. The lowest BCUT2D eigenvalue weighted by atomic mass is 9.59. The zero-order valence-electron chi connectivity index (χ0n) is 40.1. The summed E-state index contributed by atoms with van der Waals surface area (Å²) in [5.74, 6) is 0.